The molecule has 0 aliphatic carbocycles. The maximum absolute atomic E-state index is 12.7. The van der Waals surface area contributed by atoms with E-state index in [0.717, 1.165) is 81.1 Å². The standard InChI is InChI=1S/C26H29Cl2N3O5.C25H27Cl2N3O5.C2H4O2.3CH4.2H2S/c1-31-22(29-16-23(31)32)9-4-3-5-14-36-18-12-10-17(11-13-18)15-21(26(34)35-2)30-25(33)24-19(27)7-6-8-20(24)28;1-30-21(28-15-22(30)31)8-3-2-4-13-35-17-11-9-16(10-12-17)14-20(25(33)34)29-24(32)23-18(26)6-5-7-19(23)27;1-2(3)4;;;;;/h6-8,10-13,21H,3-5,9,14-16H2,1-2H3,(H,30,33);5-7,9-12,20H,2-4,8,13-15H2,1H3,(H,29,32)(H,33,34);1H3,(H,3,4);3*1H4;2*1H2/t21-;20-;;;;;;/m00....../s1. The monoisotopic (exact) mass is 1230 g/mol. The molecule has 2 atom stereocenters. The van der Waals surface area contributed by atoms with E-state index in [1.807, 2.05) is 24.3 Å². The summed E-state index contributed by atoms with van der Waals surface area (Å²) in [4.78, 5) is 93.0. The lowest BCUT2D eigenvalue weighted by Gasteiger charge is -2.18. The molecule has 2 aliphatic heterocycles. The number of carboxylic acids is 2. The number of ether oxygens (including phenoxy) is 3. The van der Waals surface area contributed by atoms with Crippen molar-refractivity contribution in [1.82, 2.24) is 20.4 Å². The number of carboxylic acid groups (broad SMARTS) is 2. The van der Waals surface area contributed by atoms with E-state index in [1.54, 1.807) is 72.4 Å². The molecule has 4 aromatic carbocycles. The van der Waals surface area contributed by atoms with Crippen molar-refractivity contribution in [1.29, 1.82) is 0 Å². The SMILES string of the molecule is C.C.C.CC(=O)O.CN1C(=O)CN=C1CCCCCOc1ccc(C[C@H](NC(=O)c2c(Cl)cccc2Cl)C(=O)O)cc1.COC(=O)[C@H](Cc1ccc(OCCCCCC2=NCC(=O)N2C)cc1)NC(=O)c1c(Cl)cccc1Cl.S.S. The van der Waals surface area contributed by atoms with Crippen LogP contribution in [0.3, 0.4) is 0 Å². The number of halogens is 4. The number of esters is 1. The number of rotatable bonds is 24. The Morgan fingerprint density at radius 1 is 0.575 bits per heavy atom. The lowest BCUT2D eigenvalue weighted by molar-refractivity contribution is -0.143. The maximum Gasteiger partial charge on any atom is 0.328 e. The summed E-state index contributed by atoms with van der Waals surface area (Å²) >= 11 is 24.3. The normalized spacial score (nSPS) is 12.7. The summed E-state index contributed by atoms with van der Waals surface area (Å²) in [5, 5.41) is 22.8. The fourth-order valence-electron chi connectivity index (χ4n) is 7.37. The zero-order chi connectivity index (χ0) is 55.0. The predicted molar refractivity (Wildman–Crippen MR) is 328 cm³/mol. The van der Waals surface area contributed by atoms with E-state index >= 15 is 0 Å². The van der Waals surface area contributed by atoms with Gasteiger partial charge in [0.25, 0.3) is 17.8 Å². The highest BCUT2D eigenvalue weighted by atomic mass is 35.5. The van der Waals surface area contributed by atoms with Crippen LogP contribution in [0.4, 0.5) is 0 Å². The number of aliphatic carboxylic acids is 2. The molecular weight excluding hydrogens is 1150 g/mol. The molecule has 0 fully saturated rings. The van der Waals surface area contributed by atoms with Crippen LogP contribution in [-0.4, -0.2) is 133 Å². The Balaban J connectivity index is 0. The van der Waals surface area contributed by atoms with Crippen LogP contribution in [0.1, 0.15) is 112 Å². The Morgan fingerprint density at radius 3 is 1.23 bits per heavy atom. The molecule has 0 spiro atoms. The third kappa shape index (κ3) is 25.2. The van der Waals surface area contributed by atoms with E-state index in [-0.39, 0.29) is 118 Å². The van der Waals surface area contributed by atoms with Crippen LogP contribution in [0.25, 0.3) is 0 Å². The number of amidine groups is 2. The first kappa shape index (κ1) is 76.0. The molecule has 442 valence electrons. The number of carbonyl (C=O) groups excluding carboxylic acids is 5. The molecule has 0 aromatic heterocycles. The summed E-state index contributed by atoms with van der Waals surface area (Å²) in [6.45, 7) is 2.71. The molecule has 6 rings (SSSR count). The van der Waals surface area contributed by atoms with Crippen LogP contribution in [0, 0.1) is 0 Å². The molecule has 0 saturated heterocycles. The number of hydrogen-bond donors (Lipinski definition) is 4. The minimum Gasteiger partial charge on any atom is -0.494 e. The Hall–Kier alpha value is -6.03. The summed E-state index contributed by atoms with van der Waals surface area (Å²) < 4.78 is 16.4. The third-order valence-corrected chi connectivity index (χ3v) is 12.7. The summed E-state index contributed by atoms with van der Waals surface area (Å²) in [5.74, 6) is -0.609. The molecule has 0 saturated carbocycles. The van der Waals surface area contributed by atoms with Crippen molar-refractivity contribution in [2.24, 2.45) is 9.98 Å². The molecule has 0 unspecified atom stereocenters. The summed E-state index contributed by atoms with van der Waals surface area (Å²) in [6.07, 6.45) is 7.42. The second-order valence-corrected chi connectivity index (χ2v) is 18.6. The number of nitrogens with zero attached hydrogens (tertiary/aromatic N) is 4. The number of hydrogen-bond acceptors (Lipinski definition) is 12. The van der Waals surface area contributed by atoms with Crippen LogP contribution in [0.5, 0.6) is 11.5 Å². The number of aliphatic imine (C=N–C) groups is 2. The van der Waals surface area contributed by atoms with Crippen molar-refractivity contribution >= 4 is 127 Å². The van der Waals surface area contributed by atoms with Gasteiger partial charge in [-0.05, 0) is 98.2 Å². The number of unbranched alkanes of at least 4 members (excludes halogenated alkanes) is 4. The first-order chi connectivity index (χ1) is 35.8. The fraction of sp³-hybridized carbons (Fsp3) is 0.411. The predicted octanol–water partition coefficient (Wildman–Crippen LogP) is 10.8. The average molecular weight is 1230 g/mol. The van der Waals surface area contributed by atoms with Crippen molar-refractivity contribution < 1.29 is 58.0 Å². The lowest BCUT2D eigenvalue weighted by Crippen LogP contribution is -2.43. The highest BCUT2D eigenvalue weighted by Gasteiger charge is 2.27. The van der Waals surface area contributed by atoms with E-state index in [0.29, 0.717) is 24.7 Å². The zero-order valence-corrected chi connectivity index (χ0v) is 47.9. The van der Waals surface area contributed by atoms with Crippen molar-refractivity contribution in [3.05, 3.63) is 127 Å². The molecule has 4 amide bonds. The van der Waals surface area contributed by atoms with Gasteiger partial charge in [0.15, 0.2) is 0 Å². The van der Waals surface area contributed by atoms with Gasteiger partial charge in [-0.3, -0.25) is 34.0 Å². The van der Waals surface area contributed by atoms with Crippen molar-refractivity contribution in [3.8, 4) is 11.5 Å². The second kappa shape index (κ2) is 39.4. The van der Waals surface area contributed by atoms with Crippen molar-refractivity contribution in [3.63, 3.8) is 0 Å². The zero-order valence-electron chi connectivity index (χ0n) is 42.9. The molecule has 2 heterocycles. The minimum atomic E-state index is -1.17. The Morgan fingerprint density at radius 2 is 0.912 bits per heavy atom. The molecule has 4 N–H and O–H groups in total. The van der Waals surface area contributed by atoms with Gasteiger partial charge in [0.2, 0.25) is 11.8 Å². The van der Waals surface area contributed by atoms with Crippen molar-refractivity contribution in [2.45, 2.75) is 105 Å². The number of methoxy groups -OCH3 is 1. The van der Waals surface area contributed by atoms with Gasteiger partial charge in [0, 0.05) is 46.7 Å². The molecule has 0 bridgehead atoms. The molecule has 4 aromatic rings. The minimum absolute atomic E-state index is 0. The first-order valence-corrected chi connectivity index (χ1v) is 25.3. The van der Waals surface area contributed by atoms with Gasteiger partial charge in [-0.2, -0.15) is 27.0 Å². The largest absolute Gasteiger partial charge is 0.494 e. The molecule has 2 aliphatic rings. The highest BCUT2D eigenvalue weighted by molar-refractivity contribution is 7.59. The number of likely N-dealkylation sites (N-methyl/N-ethyl adjacent to an activating group) is 2. The van der Waals surface area contributed by atoms with E-state index in [1.165, 1.54) is 19.2 Å². The molecular formula is C56H76Cl4N6O12S2. The average Bonchev–Trinajstić information content (AvgIpc) is 3.87. The number of benzene rings is 4. The molecule has 0 radical (unpaired) electrons. The van der Waals surface area contributed by atoms with Gasteiger partial charge in [0.05, 0.1) is 51.5 Å². The fourth-order valence-corrected chi connectivity index (χ4v) is 8.51. The molecule has 80 heavy (non-hydrogen) atoms. The van der Waals surface area contributed by atoms with Gasteiger partial charge in [-0.1, -0.05) is 105 Å². The Kier molecular flexibility index (Phi) is 37.4. The van der Waals surface area contributed by atoms with Crippen LogP contribution >= 0.6 is 73.4 Å². The van der Waals surface area contributed by atoms with E-state index in [2.05, 4.69) is 20.6 Å². The molecule has 24 heteroatoms. The van der Waals surface area contributed by atoms with Crippen LogP contribution in [0.2, 0.25) is 20.1 Å². The highest BCUT2D eigenvalue weighted by Crippen LogP contribution is 2.26. The lowest BCUT2D eigenvalue weighted by atomic mass is 10.0. The summed E-state index contributed by atoms with van der Waals surface area (Å²) in [5.41, 5.74) is 1.70. The van der Waals surface area contributed by atoms with Crippen molar-refractivity contribution in [2.75, 3.05) is 47.5 Å². The van der Waals surface area contributed by atoms with Crippen LogP contribution < -0.4 is 20.1 Å². The maximum atomic E-state index is 12.7. The third-order valence-electron chi connectivity index (χ3n) is 11.4. The smallest absolute Gasteiger partial charge is 0.328 e. The van der Waals surface area contributed by atoms with Crippen LogP contribution in [0.15, 0.2) is 94.9 Å². The van der Waals surface area contributed by atoms with Gasteiger partial charge >= 0.3 is 11.9 Å². The Bertz CT molecular complexity index is 2660. The number of amides is 4. The molecule has 18 nitrogen and oxygen atoms in total. The van der Waals surface area contributed by atoms with Gasteiger partial charge in [0.1, 0.15) is 48.3 Å². The van der Waals surface area contributed by atoms with Gasteiger partial charge in [-0.25, -0.2) is 9.59 Å². The van der Waals surface area contributed by atoms with Gasteiger partial charge in [-0.15, -0.1) is 0 Å². The van der Waals surface area contributed by atoms with Gasteiger partial charge < -0.3 is 44.9 Å². The number of carbonyl (C=O) groups is 7. The van der Waals surface area contributed by atoms with Crippen LogP contribution in [-0.2, 0) is 41.6 Å². The first-order valence-electron chi connectivity index (χ1n) is 23.8. The Labute approximate surface area is 503 Å². The van der Waals surface area contributed by atoms with E-state index < -0.39 is 41.8 Å². The second-order valence-electron chi connectivity index (χ2n) is 17.0. The van der Waals surface area contributed by atoms with E-state index in [4.69, 9.17) is 70.5 Å². The summed E-state index contributed by atoms with van der Waals surface area (Å²) in [7, 11) is 4.78. The summed E-state index contributed by atoms with van der Waals surface area (Å²) in [6, 6.07) is 21.7. The topological polar surface area (TPSA) is 243 Å². The quantitative estimate of drug-likeness (QED) is 0.0378. The number of nitrogens with one attached hydrogen (secondary N) is 2. The van der Waals surface area contributed by atoms with E-state index in [9.17, 15) is 33.9 Å².